The summed E-state index contributed by atoms with van der Waals surface area (Å²) in [5.41, 5.74) is 3.36. The van der Waals surface area contributed by atoms with Gasteiger partial charge in [-0.3, -0.25) is 9.79 Å². The van der Waals surface area contributed by atoms with Crippen molar-refractivity contribution >= 4 is 27.4 Å². The first kappa shape index (κ1) is 15.9. The Bertz CT molecular complexity index is 612. The summed E-state index contributed by atoms with van der Waals surface area (Å²) in [5, 5.41) is 0. The maximum absolute atomic E-state index is 12.7. The van der Waals surface area contributed by atoms with E-state index in [9.17, 15) is 4.79 Å². The van der Waals surface area contributed by atoms with Crippen LogP contribution in [0.2, 0.25) is 0 Å². The van der Waals surface area contributed by atoms with Crippen LogP contribution >= 0.6 is 15.9 Å². The van der Waals surface area contributed by atoms with Gasteiger partial charge in [0.25, 0.3) is 0 Å². The maximum atomic E-state index is 12.7. The first-order valence-corrected chi connectivity index (χ1v) is 9.14. The Hall–Kier alpha value is -0.960. The number of ketones is 1. The van der Waals surface area contributed by atoms with Crippen molar-refractivity contribution in [1.29, 1.82) is 0 Å². The molecule has 0 unspecified atom stereocenters. The Morgan fingerprint density at radius 2 is 2.00 bits per heavy atom. The molecule has 1 heterocycles. The van der Waals surface area contributed by atoms with Crippen molar-refractivity contribution in [2.24, 2.45) is 10.9 Å². The van der Waals surface area contributed by atoms with E-state index in [-0.39, 0.29) is 11.5 Å². The molecule has 0 spiro atoms. The molecular formula is C19H24BrNO. The average molecular weight is 362 g/mol. The number of carbonyl (C=O) groups is 1. The van der Waals surface area contributed by atoms with Gasteiger partial charge in [0.2, 0.25) is 0 Å². The summed E-state index contributed by atoms with van der Waals surface area (Å²) in [6.07, 6.45) is 7.28. The number of Topliss-reactive ketones (excluding diaryl/α,β-unsaturated/α-hetero) is 1. The van der Waals surface area contributed by atoms with E-state index < -0.39 is 0 Å². The molecule has 1 aliphatic heterocycles. The summed E-state index contributed by atoms with van der Waals surface area (Å²) in [7, 11) is 0. The highest BCUT2D eigenvalue weighted by Gasteiger charge is 2.29. The molecular weight excluding hydrogens is 338 g/mol. The van der Waals surface area contributed by atoms with Crippen LogP contribution in [0.15, 0.2) is 27.7 Å². The van der Waals surface area contributed by atoms with Gasteiger partial charge < -0.3 is 0 Å². The van der Waals surface area contributed by atoms with E-state index in [0.29, 0.717) is 12.2 Å². The molecule has 1 aromatic carbocycles. The summed E-state index contributed by atoms with van der Waals surface area (Å²) in [5.74, 6) is 0.658. The number of nitrogens with zero attached hydrogens (tertiary/aromatic N) is 1. The summed E-state index contributed by atoms with van der Waals surface area (Å²) in [6.45, 7) is 4.31. The highest BCUT2D eigenvalue weighted by atomic mass is 79.9. The fourth-order valence-corrected chi connectivity index (χ4v) is 4.20. The zero-order valence-electron chi connectivity index (χ0n) is 13.5. The SMILES string of the molecule is CC1(C)Cc2cc(Br)ccc2C(CC(=O)C2CCCCC2)=N1. The van der Waals surface area contributed by atoms with E-state index in [1.807, 2.05) is 0 Å². The molecule has 0 amide bonds. The quantitative estimate of drug-likeness (QED) is 0.735. The summed E-state index contributed by atoms with van der Waals surface area (Å²) < 4.78 is 1.10. The normalized spacial score (nSPS) is 21.1. The number of hydrogen-bond acceptors (Lipinski definition) is 2. The van der Waals surface area contributed by atoms with Crippen LogP contribution in [0.3, 0.4) is 0 Å². The molecule has 1 aliphatic carbocycles. The molecule has 2 nitrogen and oxygen atoms in total. The van der Waals surface area contributed by atoms with Crippen LogP contribution in [0.25, 0.3) is 0 Å². The summed E-state index contributed by atoms with van der Waals surface area (Å²) in [6, 6.07) is 6.34. The predicted molar refractivity (Wildman–Crippen MR) is 94.7 cm³/mol. The van der Waals surface area contributed by atoms with E-state index >= 15 is 0 Å². The smallest absolute Gasteiger partial charge is 0.141 e. The lowest BCUT2D eigenvalue weighted by atomic mass is 9.81. The Morgan fingerprint density at radius 1 is 1.27 bits per heavy atom. The van der Waals surface area contributed by atoms with Gasteiger partial charge in [-0.1, -0.05) is 41.3 Å². The van der Waals surface area contributed by atoms with Crippen molar-refractivity contribution in [2.45, 2.75) is 64.3 Å². The van der Waals surface area contributed by atoms with Crippen LogP contribution in [-0.4, -0.2) is 17.0 Å². The highest BCUT2D eigenvalue weighted by molar-refractivity contribution is 9.10. The lowest BCUT2D eigenvalue weighted by Gasteiger charge is -2.30. The molecule has 118 valence electrons. The van der Waals surface area contributed by atoms with Crippen LogP contribution in [0.1, 0.15) is 63.5 Å². The fraction of sp³-hybridized carbons (Fsp3) is 0.579. The van der Waals surface area contributed by atoms with Crippen molar-refractivity contribution in [3.63, 3.8) is 0 Å². The standard InChI is InChI=1S/C19H24BrNO/c1-19(2)12-14-10-15(20)8-9-16(14)17(21-19)11-18(22)13-6-4-3-5-7-13/h8-10,13H,3-7,11-12H2,1-2H3. The molecule has 3 rings (SSSR count). The van der Waals surface area contributed by atoms with Crippen LogP contribution in [0.5, 0.6) is 0 Å². The number of halogens is 1. The van der Waals surface area contributed by atoms with E-state index in [0.717, 1.165) is 29.4 Å². The molecule has 0 radical (unpaired) electrons. The average Bonchev–Trinajstić information content (AvgIpc) is 2.46. The number of carbonyl (C=O) groups excluding carboxylic acids is 1. The molecule has 0 aromatic heterocycles. The van der Waals surface area contributed by atoms with E-state index in [1.54, 1.807) is 0 Å². The Balaban J connectivity index is 1.85. The molecule has 2 aliphatic rings. The van der Waals surface area contributed by atoms with Gasteiger partial charge in [0.15, 0.2) is 0 Å². The minimum Gasteiger partial charge on any atom is -0.299 e. The van der Waals surface area contributed by atoms with Crippen molar-refractivity contribution in [3.05, 3.63) is 33.8 Å². The second-order valence-corrected chi connectivity index (χ2v) is 8.24. The molecule has 0 N–H and O–H groups in total. The number of benzene rings is 1. The summed E-state index contributed by atoms with van der Waals surface area (Å²) >= 11 is 3.55. The third-order valence-corrected chi connectivity index (χ3v) is 5.33. The predicted octanol–water partition coefficient (Wildman–Crippen LogP) is 5.11. The van der Waals surface area contributed by atoms with Gasteiger partial charge in [0, 0.05) is 16.8 Å². The zero-order chi connectivity index (χ0) is 15.7. The third-order valence-electron chi connectivity index (χ3n) is 4.84. The summed E-state index contributed by atoms with van der Waals surface area (Å²) in [4.78, 5) is 17.6. The van der Waals surface area contributed by atoms with Crippen molar-refractivity contribution in [1.82, 2.24) is 0 Å². The first-order valence-electron chi connectivity index (χ1n) is 8.35. The van der Waals surface area contributed by atoms with Crippen LogP contribution < -0.4 is 0 Å². The fourth-order valence-electron chi connectivity index (χ4n) is 3.79. The minimum absolute atomic E-state index is 0.115. The maximum Gasteiger partial charge on any atom is 0.141 e. The van der Waals surface area contributed by atoms with Crippen LogP contribution in [0.4, 0.5) is 0 Å². The van der Waals surface area contributed by atoms with E-state index in [2.05, 4.69) is 48.0 Å². The molecule has 22 heavy (non-hydrogen) atoms. The molecule has 1 aromatic rings. The van der Waals surface area contributed by atoms with Gasteiger partial charge >= 0.3 is 0 Å². The van der Waals surface area contributed by atoms with Gasteiger partial charge in [0.05, 0.1) is 11.3 Å². The van der Waals surface area contributed by atoms with Crippen molar-refractivity contribution in [2.75, 3.05) is 0 Å². The molecule has 3 heteroatoms. The second kappa shape index (κ2) is 6.27. The van der Waals surface area contributed by atoms with Gasteiger partial charge in [-0.2, -0.15) is 0 Å². The number of rotatable bonds is 3. The van der Waals surface area contributed by atoms with Crippen LogP contribution in [0, 0.1) is 5.92 Å². The Morgan fingerprint density at radius 3 is 2.73 bits per heavy atom. The Labute approximate surface area is 141 Å². The monoisotopic (exact) mass is 361 g/mol. The highest BCUT2D eigenvalue weighted by Crippen LogP contribution is 2.32. The van der Waals surface area contributed by atoms with Gasteiger partial charge in [-0.05, 0) is 56.4 Å². The number of aliphatic imine (C=N–C) groups is 1. The zero-order valence-corrected chi connectivity index (χ0v) is 15.1. The number of fused-ring (bicyclic) bond motifs is 1. The molecule has 0 bridgehead atoms. The lowest BCUT2D eigenvalue weighted by molar-refractivity contribution is -0.122. The Kier molecular flexibility index (Phi) is 4.54. The van der Waals surface area contributed by atoms with E-state index in [1.165, 1.54) is 30.4 Å². The van der Waals surface area contributed by atoms with Crippen molar-refractivity contribution in [3.8, 4) is 0 Å². The second-order valence-electron chi connectivity index (χ2n) is 7.33. The number of hydrogen-bond donors (Lipinski definition) is 0. The van der Waals surface area contributed by atoms with Gasteiger partial charge in [0.1, 0.15) is 5.78 Å². The third kappa shape index (κ3) is 3.51. The first-order chi connectivity index (χ1) is 10.4. The van der Waals surface area contributed by atoms with Gasteiger partial charge in [-0.15, -0.1) is 0 Å². The minimum atomic E-state index is -0.115. The molecule has 1 saturated carbocycles. The van der Waals surface area contributed by atoms with E-state index in [4.69, 9.17) is 4.99 Å². The largest absolute Gasteiger partial charge is 0.299 e. The lowest BCUT2D eigenvalue weighted by Crippen LogP contribution is -2.31. The topological polar surface area (TPSA) is 29.4 Å². The molecule has 1 fully saturated rings. The van der Waals surface area contributed by atoms with Gasteiger partial charge in [-0.25, -0.2) is 0 Å². The molecule has 0 atom stereocenters. The molecule has 0 saturated heterocycles. The van der Waals surface area contributed by atoms with Crippen LogP contribution in [-0.2, 0) is 11.2 Å². The van der Waals surface area contributed by atoms with Crippen molar-refractivity contribution < 1.29 is 4.79 Å².